The molecule has 9 heteroatoms. The number of carbonyl (C=O) groups is 2. The molecule has 0 spiro atoms. The highest BCUT2D eigenvalue weighted by Crippen LogP contribution is 2.28. The number of aromatic nitrogens is 1. The monoisotopic (exact) mass is 324 g/mol. The molecule has 0 bridgehead atoms. The summed E-state index contributed by atoms with van der Waals surface area (Å²) in [6.45, 7) is 4.61. The Hall–Kier alpha value is -1.60. The zero-order valence-electron chi connectivity index (χ0n) is 10.8. The van der Waals surface area contributed by atoms with Gasteiger partial charge in [0.1, 0.15) is 16.4 Å². The Balaban J connectivity index is 3.29. The minimum atomic E-state index is -1.74. The minimum Gasteiger partial charge on any atom is -0.464 e. The molecule has 0 aromatic carbocycles. The van der Waals surface area contributed by atoms with Crippen molar-refractivity contribution in [1.82, 2.24) is 4.98 Å². The van der Waals surface area contributed by atoms with E-state index in [2.05, 4.69) is 4.98 Å². The molecule has 1 heterocycles. The molecule has 0 fully saturated rings. The first-order valence-electron chi connectivity index (χ1n) is 5.30. The predicted molar refractivity (Wildman–Crippen MR) is 71.0 cm³/mol. The largest absolute Gasteiger partial charge is 0.464 e. The van der Waals surface area contributed by atoms with Crippen LogP contribution >= 0.6 is 23.2 Å². The number of hydrogen-bond donors (Lipinski definition) is 1. The summed E-state index contributed by atoms with van der Waals surface area (Å²) in [7, 11) is 0. The van der Waals surface area contributed by atoms with Crippen molar-refractivity contribution in [2.75, 3.05) is 4.90 Å². The number of halogens is 3. The standard InChI is InChI=1S/C11H11Cl2FN2O4/c1-11(2,3)20-10(19)16(9(17)18)5-4-6(12)15-8(13)7(5)14/h4H,1-3H3,(H,17,18). The maximum Gasteiger partial charge on any atom is 0.424 e. The number of imide groups is 1. The Morgan fingerprint density at radius 1 is 1.40 bits per heavy atom. The zero-order valence-corrected chi connectivity index (χ0v) is 12.3. The summed E-state index contributed by atoms with van der Waals surface area (Å²) in [5.41, 5.74) is -1.61. The van der Waals surface area contributed by atoms with Crippen molar-refractivity contribution in [3.63, 3.8) is 0 Å². The molecule has 0 saturated heterocycles. The number of anilines is 1. The summed E-state index contributed by atoms with van der Waals surface area (Å²) in [5, 5.41) is 8.14. The van der Waals surface area contributed by atoms with E-state index in [0.29, 0.717) is 0 Å². The first-order chi connectivity index (χ1) is 9.03. The van der Waals surface area contributed by atoms with E-state index in [1.54, 1.807) is 0 Å². The molecule has 1 aromatic rings. The van der Waals surface area contributed by atoms with Gasteiger partial charge in [0.2, 0.25) is 0 Å². The number of pyridine rings is 1. The second kappa shape index (κ2) is 5.80. The summed E-state index contributed by atoms with van der Waals surface area (Å²) in [6.07, 6.45) is -3.02. The number of amides is 2. The lowest BCUT2D eigenvalue weighted by molar-refractivity contribution is 0.0581. The third-order valence-corrected chi connectivity index (χ3v) is 2.32. The summed E-state index contributed by atoms with van der Waals surface area (Å²) >= 11 is 11.0. The van der Waals surface area contributed by atoms with Crippen LogP contribution in [0.3, 0.4) is 0 Å². The van der Waals surface area contributed by atoms with Crippen LogP contribution in [0.15, 0.2) is 6.07 Å². The van der Waals surface area contributed by atoms with E-state index >= 15 is 0 Å². The number of carbonyl (C=O) groups excluding carboxylic acids is 1. The van der Waals surface area contributed by atoms with Gasteiger partial charge in [0.25, 0.3) is 0 Å². The molecule has 110 valence electrons. The quantitative estimate of drug-likeness (QED) is 0.791. The average Bonchev–Trinajstić information content (AvgIpc) is 2.21. The van der Waals surface area contributed by atoms with Gasteiger partial charge in [0.05, 0.1) is 0 Å². The fourth-order valence-electron chi connectivity index (χ4n) is 1.21. The van der Waals surface area contributed by atoms with Crippen molar-refractivity contribution in [1.29, 1.82) is 0 Å². The molecular weight excluding hydrogens is 314 g/mol. The molecular formula is C11H11Cl2FN2O4. The Morgan fingerprint density at radius 2 is 1.95 bits per heavy atom. The normalized spacial score (nSPS) is 11.1. The van der Waals surface area contributed by atoms with E-state index in [1.807, 2.05) is 0 Å². The molecule has 0 radical (unpaired) electrons. The molecule has 2 amide bonds. The molecule has 0 aliphatic heterocycles. The van der Waals surface area contributed by atoms with E-state index in [9.17, 15) is 14.0 Å². The number of nitrogens with zero attached hydrogens (tertiary/aromatic N) is 2. The van der Waals surface area contributed by atoms with Crippen LogP contribution in [0, 0.1) is 5.82 Å². The fourth-order valence-corrected chi connectivity index (χ4v) is 1.63. The number of carboxylic acid groups (broad SMARTS) is 1. The van der Waals surface area contributed by atoms with Crippen LogP contribution < -0.4 is 4.90 Å². The molecule has 0 aliphatic rings. The van der Waals surface area contributed by atoms with Crippen molar-refractivity contribution in [2.45, 2.75) is 26.4 Å². The maximum absolute atomic E-state index is 13.8. The average molecular weight is 325 g/mol. The zero-order chi connectivity index (χ0) is 15.7. The topological polar surface area (TPSA) is 79.7 Å². The molecule has 0 aliphatic carbocycles. The van der Waals surface area contributed by atoms with Crippen LogP contribution in [0.25, 0.3) is 0 Å². The highest BCUT2D eigenvalue weighted by Gasteiger charge is 2.32. The van der Waals surface area contributed by atoms with E-state index in [0.717, 1.165) is 6.07 Å². The van der Waals surface area contributed by atoms with Crippen LogP contribution in [0.5, 0.6) is 0 Å². The Labute approximate surface area is 124 Å². The van der Waals surface area contributed by atoms with Crippen LogP contribution in [0.1, 0.15) is 20.8 Å². The van der Waals surface area contributed by atoms with E-state index < -0.39 is 34.4 Å². The van der Waals surface area contributed by atoms with Gasteiger partial charge >= 0.3 is 12.2 Å². The van der Waals surface area contributed by atoms with Gasteiger partial charge in [-0.05, 0) is 20.8 Å². The second-order valence-corrected chi connectivity index (χ2v) is 5.41. The lowest BCUT2D eigenvalue weighted by atomic mass is 10.2. The van der Waals surface area contributed by atoms with E-state index in [4.69, 9.17) is 33.0 Å². The van der Waals surface area contributed by atoms with Gasteiger partial charge in [0, 0.05) is 6.07 Å². The van der Waals surface area contributed by atoms with Crippen LogP contribution in [0.4, 0.5) is 19.7 Å². The summed E-state index contributed by atoms with van der Waals surface area (Å²) in [4.78, 5) is 26.4. The number of rotatable bonds is 1. The second-order valence-electron chi connectivity index (χ2n) is 4.67. The molecule has 0 saturated carbocycles. The molecule has 6 nitrogen and oxygen atoms in total. The van der Waals surface area contributed by atoms with Gasteiger partial charge in [-0.25, -0.2) is 19.0 Å². The Bertz CT molecular complexity index is 560. The predicted octanol–water partition coefficient (Wildman–Crippen LogP) is 3.95. The van der Waals surface area contributed by atoms with Crippen molar-refractivity contribution in [3.8, 4) is 0 Å². The van der Waals surface area contributed by atoms with E-state index in [-0.39, 0.29) is 10.1 Å². The highest BCUT2D eigenvalue weighted by atomic mass is 35.5. The van der Waals surface area contributed by atoms with Crippen molar-refractivity contribution in [2.24, 2.45) is 0 Å². The van der Waals surface area contributed by atoms with Gasteiger partial charge in [-0.1, -0.05) is 23.2 Å². The minimum absolute atomic E-state index is 0.0695. The van der Waals surface area contributed by atoms with Crippen LogP contribution in [-0.2, 0) is 4.74 Å². The van der Waals surface area contributed by atoms with Crippen LogP contribution in [0.2, 0.25) is 10.3 Å². The first-order valence-corrected chi connectivity index (χ1v) is 6.06. The third-order valence-electron chi connectivity index (χ3n) is 1.88. The van der Waals surface area contributed by atoms with Crippen molar-refractivity contribution in [3.05, 3.63) is 22.2 Å². The summed E-state index contributed by atoms with van der Waals surface area (Å²) < 4.78 is 18.7. The molecule has 0 atom stereocenters. The smallest absolute Gasteiger partial charge is 0.424 e. The molecule has 0 unspecified atom stereocenters. The van der Waals surface area contributed by atoms with Gasteiger partial charge in [-0.15, -0.1) is 0 Å². The van der Waals surface area contributed by atoms with Gasteiger partial charge in [-0.3, -0.25) is 0 Å². The van der Waals surface area contributed by atoms with Gasteiger partial charge in [-0.2, -0.15) is 4.90 Å². The maximum atomic E-state index is 13.8. The summed E-state index contributed by atoms with van der Waals surface area (Å²) in [6, 6.07) is 0.862. The summed E-state index contributed by atoms with van der Waals surface area (Å²) in [5.74, 6) is -1.19. The van der Waals surface area contributed by atoms with Crippen molar-refractivity contribution >= 4 is 41.1 Å². The SMILES string of the molecule is CC(C)(C)OC(=O)N(C(=O)O)c1cc(Cl)nc(Cl)c1F. The van der Waals surface area contributed by atoms with Crippen LogP contribution in [-0.4, -0.2) is 27.9 Å². The fraction of sp³-hybridized carbons (Fsp3) is 0.364. The molecule has 1 rings (SSSR count). The Morgan fingerprint density at radius 3 is 2.40 bits per heavy atom. The number of hydrogen-bond acceptors (Lipinski definition) is 4. The van der Waals surface area contributed by atoms with Gasteiger partial charge in [0.15, 0.2) is 11.0 Å². The highest BCUT2D eigenvalue weighted by molar-refractivity contribution is 6.33. The Kier molecular flexibility index (Phi) is 4.77. The third kappa shape index (κ3) is 3.94. The number of ether oxygens (including phenoxy) is 1. The molecule has 1 aromatic heterocycles. The van der Waals surface area contributed by atoms with E-state index in [1.165, 1.54) is 20.8 Å². The van der Waals surface area contributed by atoms with Gasteiger partial charge < -0.3 is 9.84 Å². The molecule has 20 heavy (non-hydrogen) atoms. The lowest BCUT2D eigenvalue weighted by Gasteiger charge is -2.24. The first kappa shape index (κ1) is 16.5. The lowest BCUT2D eigenvalue weighted by Crippen LogP contribution is -2.40. The van der Waals surface area contributed by atoms with Crippen molar-refractivity contribution < 1.29 is 23.8 Å². The molecule has 1 N–H and O–H groups in total.